The zero-order chi connectivity index (χ0) is 25.8. The number of thioether (sulfide) groups is 1. The summed E-state index contributed by atoms with van der Waals surface area (Å²) >= 11 is 1.56. The number of esters is 1. The van der Waals surface area contributed by atoms with Crippen LogP contribution in [0.1, 0.15) is 46.0 Å². The van der Waals surface area contributed by atoms with Crippen LogP contribution in [0.4, 0.5) is 0 Å². The number of hydrogen-bond donors (Lipinski definition) is 4. The summed E-state index contributed by atoms with van der Waals surface area (Å²) in [6, 6.07) is -2.39. The number of fused-ring (bicyclic) bond motifs is 7. The third kappa shape index (κ3) is 10.3. The molecule has 2 bridgehead atoms. The minimum atomic E-state index is -1.17. The second kappa shape index (κ2) is 15.7. The van der Waals surface area contributed by atoms with Gasteiger partial charge in [0.2, 0.25) is 17.7 Å². The first-order valence-corrected chi connectivity index (χ1v) is 15.8. The summed E-state index contributed by atoms with van der Waals surface area (Å²) in [7, 11) is 3.05. The SMILES string of the molecule is CC[C@@H](C)[C@H]1NC(=O)C[C@H]2/C=C/CCSSC[C@@H](NC1=O)C(=O)N[C@H](CCSC)[C@@H](O)CC(=O)O2. The quantitative estimate of drug-likeness (QED) is 0.230. The van der Waals surface area contributed by atoms with Crippen LogP contribution in [0, 0.1) is 5.92 Å². The van der Waals surface area contributed by atoms with Crippen LogP contribution in [0.3, 0.4) is 0 Å². The first-order chi connectivity index (χ1) is 16.7. The van der Waals surface area contributed by atoms with Gasteiger partial charge >= 0.3 is 5.97 Å². The van der Waals surface area contributed by atoms with Crippen LogP contribution in [-0.4, -0.2) is 82.6 Å². The van der Waals surface area contributed by atoms with Gasteiger partial charge in [-0.15, -0.1) is 0 Å². The van der Waals surface area contributed by atoms with Crippen LogP contribution in [-0.2, 0) is 23.9 Å². The number of carbonyl (C=O) groups excluding carboxylic acids is 4. The number of carbonyl (C=O) groups is 4. The van der Waals surface area contributed by atoms with E-state index >= 15 is 0 Å². The van der Waals surface area contributed by atoms with Crippen molar-refractivity contribution in [1.82, 2.24) is 16.0 Å². The Morgan fingerprint density at radius 1 is 1.14 bits per heavy atom. The molecule has 4 N–H and O–H groups in total. The second-order valence-electron chi connectivity index (χ2n) is 8.72. The molecule has 198 valence electrons. The van der Waals surface area contributed by atoms with Gasteiger partial charge in [0.05, 0.1) is 25.0 Å². The third-order valence-electron chi connectivity index (χ3n) is 5.95. The molecule has 0 aromatic rings. The molecule has 6 atom stereocenters. The maximum absolute atomic E-state index is 13.3. The van der Waals surface area contributed by atoms with Gasteiger partial charge in [-0.05, 0) is 36.8 Å². The molecule has 0 aromatic carbocycles. The molecular weight excluding hydrogens is 510 g/mol. The molecule has 0 aliphatic carbocycles. The molecule has 9 nitrogen and oxygen atoms in total. The largest absolute Gasteiger partial charge is 0.457 e. The van der Waals surface area contributed by atoms with Crippen molar-refractivity contribution < 1.29 is 29.0 Å². The van der Waals surface area contributed by atoms with E-state index < -0.39 is 54.0 Å². The van der Waals surface area contributed by atoms with E-state index in [4.69, 9.17) is 4.74 Å². The maximum atomic E-state index is 13.3. The number of amides is 3. The van der Waals surface area contributed by atoms with E-state index in [1.54, 1.807) is 28.6 Å². The van der Waals surface area contributed by atoms with E-state index in [1.165, 1.54) is 10.8 Å². The minimum Gasteiger partial charge on any atom is -0.457 e. The van der Waals surface area contributed by atoms with E-state index in [0.29, 0.717) is 30.8 Å². The van der Waals surface area contributed by atoms with Crippen molar-refractivity contribution in [3.8, 4) is 0 Å². The monoisotopic (exact) mass is 547 g/mol. The number of aliphatic hydroxyl groups excluding tert-OH is 1. The van der Waals surface area contributed by atoms with E-state index in [9.17, 15) is 24.3 Å². The van der Waals surface area contributed by atoms with Crippen molar-refractivity contribution in [1.29, 1.82) is 0 Å². The second-order valence-corrected chi connectivity index (χ2v) is 12.3. The zero-order valence-corrected chi connectivity index (χ0v) is 22.9. The summed E-state index contributed by atoms with van der Waals surface area (Å²) in [5.41, 5.74) is 0. The fraction of sp³-hybridized carbons (Fsp3) is 0.739. The summed E-state index contributed by atoms with van der Waals surface area (Å²) < 4.78 is 5.53. The van der Waals surface area contributed by atoms with Gasteiger partial charge in [-0.1, -0.05) is 47.9 Å². The van der Waals surface area contributed by atoms with Crippen molar-refractivity contribution >= 4 is 57.0 Å². The lowest BCUT2D eigenvalue weighted by Crippen LogP contribution is -2.58. The van der Waals surface area contributed by atoms with Crippen molar-refractivity contribution in [3.05, 3.63) is 12.2 Å². The van der Waals surface area contributed by atoms with Crippen LogP contribution < -0.4 is 16.0 Å². The molecule has 1 fully saturated rings. The highest BCUT2D eigenvalue weighted by atomic mass is 33.1. The predicted molar refractivity (Wildman–Crippen MR) is 142 cm³/mol. The first kappa shape index (κ1) is 29.9. The molecule has 0 spiro atoms. The first-order valence-electron chi connectivity index (χ1n) is 11.9. The fourth-order valence-corrected chi connectivity index (χ4v) is 6.31. The Labute approximate surface area is 219 Å². The normalized spacial score (nSPS) is 31.5. The van der Waals surface area contributed by atoms with Crippen LogP contribution in [0.2, 0.25) is 0 Å². The predicted octanol–water partition coefficient (Wildman–Crippen LogP) is 1.65. The van der Waals surface area contributed by atoms with Crippen LogP contribution in [0.15, 0.2) is 12.2 Å². The molecule has 2 aliphatic rings. The van der Waals surface area contributed by atoms with Crippen LogP contribution in [0.25, 0.3) is 0 Å². The smallest absolute Gasteiger partial charge is 0.309 e. The Morgan fingerprint density at radius 2 is 1.91 bits per heavy atom. The molecule has 0 aromatic heterocycles. The van der Waals surface area contributed by atoms with Crippen molar-refractivity contribution in [2.24, 2.45) is 5.92 Å². The van der Waals surface area contributed by atoms with Gasteiger partial charge in [0.25, 0.3) is 0 Å². The maximum Gasteiger partial charge on any atom is 0.309 e. The van der Waals surface area contributed by atoms with Gasteiger partial charge in [0.1, 0.15) is 18.2 Å². The van der Waals surface area contributed by atoms with Gasteiger partial charge < -0.3 is 25.8 Å². The van der Waals surface area contributed by atoms with Gasteiger partial charge in [0, 0.05) is 11.5 Å². The molecule has 35 heavy (non-hydrogen) atoms. The highest BCUT2D eigenvalue weighted by Crippen LogP contribution is 2.24. The van der Waals surface area contributed by atoms with Crippen molar-refractivity contribution in [2.45, 2.75) is 76.3 Å². The molecule has 2 heterocycles. The Balaban J connectivity index is 2.46. The number of hydrogen-bond acceptors (Lipinski definition) is 9. The van der Waals surface area contributed by atoms with Gasteiger partial charge in [0.15, 0.2) is 0 Å². The molecule has 0 unspecified atom stereocenters. The van der Waals surface area contributed by atoms with Crippen molar-refractivity contribution in [2.75, 3.05) is 23.5 Å². The van der Waals surface area contributed by atoms with Gasteiger partial charge in [-0.2, -0.15) is 11.8 Å². The topological polar surface area (TPSA) is 134 Å². The Kier molecular flexibility index (Phi) is 13.4. The lowest BCUT2D eigenvalue weighted by molar-refractivity contribution is -0.151. The number of allylic oxidation sites excluding steroid dienone is 1. The summed E-state index contributed by atoms with van der Waals surface area (Å²) in [6.45, 7) is 3.78. The molecule has 0 radical (unpaired) electrons. The molecule has 2 aliphatic heterocycles. The minimum absolute atomic E-state index is 0.142. The molecule has 0 saturated carbocycles. The number of rotatable bonds is 5. The molecule has 12 heteroatoms. The summed E-state index contributed by atoms with van der Waals surface area (Å²) in [4.78, 5) is 52.0. The molecule has 2 rings (SSSR count). The standard InChI is InChI=1S/C23H37N3O6S3/c1-4-14(2)21-23(31)25-17-13-35-34-9-6-5-7-15(11-19(28)26-21)32-20(29)12-18(27)16(8-10-33-3)24-22(17)30/h5,7,14-18,21,27H,4,6,8-13H2,1-3H3,(H,24,30)(H,25,31)(H,26,28)/b7-5+/t14-,15-,16-,17-,18+,21-/m1/s1. The lowest BCUT2D eigenvalue weighted by Gasteiger charge is -2.28. The van der Waals surface area contributed by atoms with E-state index in [2.05, 4.69) is 16.0 Å². The highest BCUT2D eigenvalue weighted by Gasteiger charge is 2.33. The van der Waals surface area contributed by atoms with Crippen LogP contribution in [0.5, 0.6) is 0 Å². The molecule has 1 saturated heterocycles. The summed E-state index contributed by atoms with van der Waals surface area (Å²) in [6.07, 6.45) is 4.79. The Hall–Kier alpha value is -1.37. The number of aliphatic hydroxyl groups is 1. The Bertz CT molecular complexity index is 769. The number of ether oxygens (including phenoxy) is 1. The fourth-order valence-electron chi connectivity index (χ4n) is 3.67. The van der Waals surface area contributed by atoms with Gasteiger partial charge in [-0.25, -0.2) is 0 Å². The van der Waals surface area contributed by atoms with Gasteiger partial charge in [-0.3, -0.25) is 19.2 Å². The highest BCUT2D eigenvalue weighted by molar-refractivity contribution is 8.76. The van der Waals surface area contributed by atoms with Crippen molar-refractivity contribution in [3.63, 3.8) is 0 Å². The van der Waals surface area contributed by atoms with E-state index in [-0.39, 0.29) is 18.8 Å². The lowest BCUT2D eigenvalue weighted by atomic mass is 9.97. The van der Waals surface area contributed by atoms with E-state index in [1.807, 2.05) is 26.2 Å². The van der Waals surface area contributed by atoms with Crippen LogP contribution >= 0.6 is 33.3 Å². The summed E-state index contributed by atoms with van der Waals surface area (Å²) in [5.74, 6) is -0.390. The average Bonchev–Trinajstić information content (AvgIpc) is 2.81. The third-order valence-corrected chi connectivity index (χ3v) is 9.04. The Morgan fingerprint density at radius 3 is 2.63 bits per heavy atom. The molecular formula is C23H37N3O6S3. The number of nitrogens with one attached hydrogen (secondary N) is 3. The summed E-state index contributed by atoms with van der Waals surface area (Å²) in [5, 5.41) is 19.2. The zero-order valence-electron chi connectivity index (χ0n) is 20.5. The molecule has 3 amide bonds. The van der Waals surface area contributed by atoms with E-state index in [0.717, 1.165) is 5.75 Å². The average molecular weight is 548 g/mol.